The summed E-state index contributed by atoms with van der Waals surface area (Å²) in [7, 11) is 2.06. The highest BCUT2D eigenvalue weighted by molar-refractivity contribution is 4.89. The van der Waals surface area contributed by atoms with Crippen LogP contribution in [-0.2, 0) is 4.74 Å². The van der Waals surface area contributed by atoms with Gasteiger partial charge in [0.2, 0.25) is 0 Å². The first-order chi connectivity index (χ1) is 7.74. The number of hydrogen-bond donors (Lipinski definition) is 1. The molecule has 0 saturated heterocycles. The van der Waals surface area contributed by atoms with E-state index < -0.39 is 0 Å². The van der Waals surface area contributed by atoms with Gasteiger partial charge in [-0.1, -0.05) is 6.92 Å². The van der Waals surface area contributed by atoms with Crippen molar-refractivity contribution in [1.29, 1.82) is 5.26 Å². The van der Waals surface area contributed by atoms with Gasteiger partial charge in [-0.2, -0.15) is 5.26 Å². The topological polar surface area (TPSA) is 48.3 Å². The standard InChI is InChI=1S/C12H25N3O/c1-4-7-14-12(11-13)6-8-15(3)9-10-16-5-2/h12,14H,4-10H2,1-3H3. The number of nitriles is 1. The van der Waals surface area contributed by atoms with E-state index in [0.717, 1.165) is 45.7 Å². The lowest BCUT2D eigenvalue weighted by Crippen LogP contribution is -2.33. The third-order valence-electron chi connectivity index (χ3n) is 2.42. The summed E-state index contributed by atoms with van der Waals surface area (Å²) in [6.45, 7) is 8.43. The molecular weight excluding hydrogens is 202 g/mol. The van der Waals surface area contributed by atoms with Crippen molar-refractivity contribution in [3.8, 4) is 6.07 Å². The number of hydrogen-bond acceptors (Lipinski definition) is 4. The average molecular weight is 227 g/mol. The van der Waals surface area contributed by atoms with E-state index >= 15 is 0 Å². The van der Waals surface area contributed by atoms with Crippen LogP contribution in [0.5, 0.6) is 0 Å². The van der Waals surface area contributed by atoms with Gasteiger partial charge in [0.1, 0.15) is 0 Å². The zero-order chi connectivity index (χ0) is 12.2. The van der Waals surface area contributed by atoms with Crippen LogP contribution in [0.2, 0.25) is 0 Å². The molecule has 0 radical (unpaired) electrons. The molecule has 0 fully saturated rings. The van der Waals surface area contributed by atoms with Crippen molar-refractivity contribution in [2.75, 3.05) is 39.9 Å². The van der Waals surface area contributed by atoms with Crippen LogP contribution in [0.3, 0.4) is 0 Å². The van der Waals surface area contributed by atoms with Crippen molar-refractivity contribution in [3.63, 3.8) is 0 Å². The largest absolute Gasteiger partial charge is 0.380 e. The molecule has 4 heteroatoms. The zero-order valence-electron chi connectivity index (χ0n) is 10.8. The first kappa shape index (κ1) is 15.4. The van der Waals surface area contributed by atoms with Crippen molar-refractivity contribution >= 4 is 0 Å². The molecule has 0 rings (SSSR count). The van der Waals surface area contributed by atoms with E-state index in [1.807, 2.05) is 6.92 Å². The minimum absolute atomic E-state index is 0.0190. The molecule has 0 aliphatic carbocycles. The van der Waals surface area contributed by atoms with Crippen molar-refractivity contribution < 1.29 is 4.74 Å². The number of likely N-dealkylation sites (N-methyl/N-ethyl adjacent to an activating group) is 1. The second-order valence-electron chi connectivity index (χ2n) is 3.92. The van der Waals surface area contributed by atoms with Gasteiger partial charge in [0.15, 0.2) is 0 Å². The van der Waals surface area contributed by atoms with Crippen LogP contribution in [-0.4, -0.2) is 50.8 Å². The first-order valence-corrected chi connectivity index (χ1v) is 6.13. The molecule has 0 spiro atoms. The quantitative estimate of drug-likeness (QED) is 0.570. The van der Waals surface area contributed by atoms with Crippen molar-refractivity contribution in [3.05, 3.63) is 0 Å². The van der Waals surface area contributed by atoms with Crippen LogP contribution in [0.15, 0.2) is 0 Å². The lowest BCUT2D eigenvalue weighted by Gasteiger charge is -2.18. The van der Waals surface area contributed by atoms with Gasteiger partial charge in [-0.05, 0) is 33.4 Å². The van der Waals surface area contributed by atoms with Crippen LogP contribution >= 0.6 is 0 Å². The fraction of sp³-hybridized carbons (Fsp3) is 0.917. The van der Waals surface area contributed by atoms with Crippen LogP contribution < -0.4 is 5.32 Å². The van der Waals surface area contributed by atoms with E-state index in [2.05, 4.69) is 30.3 Å². The summed E-state index contributed by atoms with van der Waals surface area (Å²) in [5.74, 6) is 0. The molecule has 0 heterocycles. The maximum atomic E-state index is 8.92. The Hall–Kier alpha value is -0.630. The fourth-order valence-electron chi connectivity index (χ4n) is 1.36. The lowest BCUT2D eigenvalue weighted by molar-refractivity contribution is 0.121. The molecule has 0 aromatic heterocycles. The Bertz CT molecular complexity index is 191. The molecule has 1 unspecified atom stereocenters. The Morgan fingerprint density at radius 2 is 2.12 bits per heavy atom. The second kappa shape index (κ2) is 10.9. The molecule has 4 nitrogen and oxygen atoms in total. The smallest absolute Gasteiger partial charge is 0.0965 e. The zero-order valence-corrected chi connectivity index (χ0v) is 10.8. The van der Waals surface area contributed by atoms with Crippen LogP contribution in [0.25, 0.3) is 0 Å². The predicted octanol–water partition coefficient (Wildman–Crippen LogP) is 1.24. The van der Waals surface area contributed by atoms with E-state index in [1.54, 1.807) is 0 Å². The summed E-state index contributed by atoms with van der Waals surface area (Å²) in [5.41, 5.74) is 0. The molecule has 0 aliphatic rings. The molecule has 16 heavy (non-hydrogen) atoms. The molecule has 94 valence electrons. The fourth-order valence-corrected chi connectivity index (χ4v) is 1.36. The van der Waals surface area contributed by atoms with Crippen LogP contribution in [0.1, 0.15) is 26.7 Å². The summed E-state index contributed by atoms with van der Waals surface area (Å²) in [6.07, 6.45) is 1.94. The van der Waals surface area contributed by atoms with Gasteiger partial charge < -0.3 is 15.0 Å². The summed E-state index contributed by atoms with van der Waals surface area (Å²) >= 11 is 0. The molecule has 0 bridgehead atoms. The molecule has 0 aromatic rings. The Morgan fingerprint density at radius 3 is 2.69 bits per heavy atom. The van der Waals surface area contributed by atoms with E-state index in [1.165, 1.54) is 0 Å². The normalized spacial score (nSPS) is 12.7. The Balaban J connectivity index is 3.55. The van der Waals surface area contributed by atoms with Gasteiger partial charge >= 0.3 is 0 Å². The van der Waals surface area contributed by atoms with Crippen LogP contribution in [0.4, 0.5) is 0 Å². The summed E-state index contributed by atoms with van der Waals surface area (Å²) < 4.78 is 5.28. The van der Waals surface area contributed by atoms with E-state index in [9.17, 15) is 0 Å². The highest BCUT2D eigenvalue weighted by Crippen LogP contribution is 1.94. The summed E-state index contributed by atoms with van der Waals surface area (Å²) in [5, 5.41) is 12.1. The molecule has 0 aliphatic heterocycles. The van der Waals surface area contributed by atoms with Gasteiger partial charge in [-0.15, -0.1) is 0 Å². The SMILES string of the molecule is CCCNC(C#N)CCN(C)CCOCC. The Morgan fingerprint density at radius 1 is 1.38 bits per heavy atom. The highest BCUT2D eigenvalue weighted by atomic mass is 16.5. The molecule has 1 atom stereocenters. The van der Waals surface area contributed by atoms with Gasteiger partial charge in [-0.25, -0.2) is 0 Å². The average Bonchev–Trinajstić information content (AvgIpc) is 2.30. The van der Waals surface area contributed by atoms with Gasteiger partial charge in [0, 0.05) is 19.7 Å². The molecular formula is C12H25N3O. The van der Waals surface area contributed by atoms with Crippen molar-refractivity contribution in [1.82, 2.24) is 10.2 Å². The second-order valence-corrected chi connectivity index (χ2v) is 3.92. The molecule has 0 aromatic carbocycles. The van der Waals surface area contributed by atoms with Crippen molar-refractivity contribution in [2.45, 2.75) is 32.7 Å². The van der Waals surface area contributed by atoms with E-state index in [0.29, 0.717) is 0 Å². The van der Waals surface area contributed by atoms with Gasteiger partial charge in [-0.3, -0.25) is 0 Å². The Labute approximate surface area is 99.6 Å². The molecule has 0 amide bonds. The molecule has 0 saturated carbocycles. The van der Waals surface area contributed by atoms with Gasteiger partial charge in [0.25, 0.3) is 0 Å². The minimum atomic E-state index is -0.0190. The highest BCUT2D eigenvalue weighted by Gasteiger charge is 2.07. The third kappa shape index (κ3) is 8.66. The number of rotatable bonds is 10. The third-order valence-corrected chi connectivity index (χ3v) is 2.42. The molecule has 1 N–H and O–H groups in total. The number of nitrogens with zero attached hydrogens (tertiary/aromatic N) is 2. The van der Waals surface area contributed by atoms with E-state index in [-0.39, 0.29) is 6.04 Å². The van der Waals surface area contributed by atoms with Crippen LogP contribution in [0, 0.1) is 11.3 Å². The Kier molecular flexibility index (Phi) is 10.4. The van der Waals surface area contributed by atoms with E-state index in [4.69, 9.17) is 10.00 Å². The minimum Gasteiger partial charge on any atom is -0.380 e. The number of nitrogens with one attached hydrogen (secondary N) is 1. The lowest BCUT2D eigenvalue weighted by atomic mass is 10.2. The number of ether oxygens (including phenoxy) is 1. The monoisotopic (exact) mass is 227 g/mol. The first-order valence-electron chi connectivity index (χ1n) is 6.13. The van der Waals surface area contributed by atoms with Crippen molar-refractivity contribution in [2.24, 2.45) is 0 Å². The predicted molar refractivity (Wildman–Crippen MR) is 66.3 cm³/mol. The summed E-state index contributed by atoms with van der Waals surface area (Å²) in [6, 6.07) is 2.27. The maximum absolute atomic E-state index is 8.92. The van der Waals surface area contributed by atoms with Gasteiger partial charge in [0.05, 0.1) is 18.7 Å². The maximum Gasteiger partial charge on any atom is 0.0965 e. The summed E-state index contributed by atoms with van der Waals surface area (Å²) in [4.78, 5) is 2.20.